The quantitative estimate of drug-likeness (QED) is 0.612. The van der Waals surface area contributed by atoms with Crippen LogP contribution in [0.3, 0.4) is 0 Å². The minimum atomic E-state index is -0.638. The van der Waals surface area contributed by atoms with Gasteiger partial charge in [0.2, 0.25) is 0 Å². The van der Waals surface area contributed by atoms with E-state index in [2.05, 4.69) is 4.98 Å². The van der Waals surface area contributed by atoms with Crippen LogP contribution in [-0.2, 0) is 6.61 Å². The van der Waals surface area contributed by atoms with Crippen molar-refractivity contribution >= 4 is 0 Å². The Bertz CT molecular complexity index is 276. The summed E-state index contributed by atoms with van der Waals surface area (Å²) in [5.41, 5.74) is 7.02. The van der Waals surface area contributed by atoms with Gasteiger partial charge in [0.25, 0.3) is 0 Å². The molecule has 0 aliphatic heterocycles. The molecule has 0 spiro atoms. The SMILES string of the molecule is C[C@H](O)[C@H](N)c1cc(CO)ccn1. The molecule has 0 unspecified atom stereocenters. The second-order valence-electron chi connectivity index (χ2n) is 3.01. The third-order valence-electron chi connectivity index (χ3n) is 1.89. The van der Waals surface area contributed by atoms with Crippen molar-refractivity contribution in [3.8, 4) is 0 Å². The Morgan fingerprint density at radius 1 is 1.62 bits per heavy atom. The smallest absolute Gasteiger partial charge is 0.0731 e. The molecular weight excluding hydrogens is 168 g/mol. The molecule has 4 N–H and O–H groups in total. The van der Waals surface area contributed by atoms with Crippen molar-refractivity contribution in [2.45, 2.75) is 25.7 Å². The van der Waals surface area contributed by atoms with Gasteiger partial charge in [0, 0.05) is 6.20 Å². The molecule has 1 rings (SSSR count). The van der Waals surface area contributed by atoms with Crippen molar-refractivity contribution in [3.05, 3.63) is 29.6 Å². The minimum absolute atomic E-state index is 0.0396. The van der Waals surface area contributed by atoms with Crippen LogP contribution in [0.1, 0.15) is 24.2 Å². The van der Waals surface area contributed by atoms with Crippen LogP contribution in [0.15, 0.2) is 18.3 Å². The predicted octanol–water partition coefficient (Wildman–Crippen LogP) is -0.0455. The molecule has 1 heterocycles. The fraction of sp³-hybridized carbons (Fsp3) is 0.444. The van der Waals surface area contributed by atoms with Crippen LogP contribution in [0.2, 0.25) is 0 Å². The summed E-state index contributed by atoms with van der Waals surface area (Å²) in [6, 6.07) is 2.90. The molecule has 2 atom stereocenters. The molecule has 0 aromatic carbocycles. The van der Waals surface area contributed by atoms with Gasteiger partial charge in [0.1, 0.15) is 0 Å². The maximum absolute atomic E-state index is 9.21. The van der Waals surface area contributed by atoms with Crippen LogP contribution in [0.25, 0.3) is 0 Å². The largest absolute Gasteiger partial charge is 0.392 e. The van der Waals surface area contributed by atoms with E-state index in [0.29, 0.717) is 5.69 Å². The van der Waals surface area contributed by atoms with Gasteiger partial charge in [-0.2, -0.15) is 0 Å². The number of aromatic nitrogens is 1. The lowest BCUT2D eigenvalue weighted by atomic mass is 10.1. The van der Waals surface area contributed by atoms with Crippen LogP contribution in [0, 0.1) is 0 Å². The lowest BCUT2D eigenvalue weighted by Gasteiger charge is -2.14. The molecule has 72 valence electrons. The number of pyridine rings is 1. The van der Waals surface area contributed by atoms with Gasteiger partial charge in [0.15, 0.2) is 0 Å². The Morgan fingerprint density at radius 3 is 2.85 bits per heavy atom. The number of nitrogens with two attached hydrogens (primary N) is 1. The van der Waals surface area contributed by atoms with E-state index in [1.165, 1.54) is 0 Å². The van der Waals surface area contributed by atoms with Crippen molar-refractivity contribution in [2.24, 2.45) is 5.73 Å². The van der Waals surface area contributed by atoms with Gasteiger partial charge in [-0.05, 0) is 24.6 Å². The van der Waals surface area contributed by atoms with Crippen LogP contribution in [0.5, 0.6) is 0 Å². The normalized spacial score (nSPS) is 15.4. The Kier molecular flexibility index (Phi) is 3.36. The summed E-state index contributed by atoms with van der Waals surface area (Å²) in [5, 5.41) is 18.1. The van der Waals surface area contributed by atoms with Crippen molar-refractivity contribution in [1.29, 1.82) is 0 Å². The lowest BCUT2D eigenvalue weighted by Crippen LogP contribution is -2.24. The van der Waals surface area contributed by atoms with Gasteiger partial charge < -0.3 is 15.9 Å². The number of aliphatic hydroxyl groups excluding tert-OH is 2. The molecule has 0 saturated heterocycles. The van der Waals surface area contributed by atoms with E-state index in [9.17, 15) is 5.11 Å². The maximum atomic E-state index is 9.21. The summed E-state index contributed by atoms with van der Waals surface area (Å²) in [7, 11) is 0. The van der Waals surface area contributed by atoms with Gasteiger partial charge >= 0.3 is 0 Å². The number of hydrogen-bond donors (Lipinski definition) is 3. The van der Waals surface area contributed by atoms with Gasteiger partial charge in [-0.15, -0.1) is 0 Å². The lowest BCUT2D eigenvalue weighted by molar-refractivity contribution is 0.162. The highest BCUT2D eigenvalue weighted by Crippen LogP contribution is 2.12. The zero-order valence-corrected chi connectivity index (χ0v) is 7.51. The zero-order valence-electron chi connectivity index (χ0n) is 7.51. The zero-order chi connectivity index (χ0) is 9.84. The molecule has 0 saturated carbocycles. The molecule has 0 fully saturated rings. The first-order valence-corrected chi connectivity index (χ1v) is 4.14. The molecular formula is C9H14N2O2. The average Bonchev–Trinajstić information content (AvgIpc) is 2.16. The number of nitrogens with zero attached hydrogens (tertiary/aromatic N) is 1. The molecule has 1 aromatic heterocycles. The molecule has 4 heteroatoms. The van der Waals surface area contributed by atoms with Gasteiger partial charge in [-0.25, -0.2) is 0 Å². The van der Waals surface area contributed by atoms with Gasteiger partial charge in [-0.1, -0.05) is 0 Å². The van der Waals surface area contributed by atoms with Crippen LogP contribution in [0.4, 0.5) is 0 Å². The first-order valence-electron chi connectivity index (χ1n) is 4.14. The van der Waals surface area contributed by atoms with Crippen molar-refractivity contribution < 1.29 is 10.2 Å². The third kappa shape index (κ3) is 2.48. The Hall–Kier alpha value is -0.970. The first kappa shape index (κ1) is 10.1. The third-order valence-corrected chi connectivity index (χ3v) is 1.89. The van der Waals surface area contributed by atoms with E-state index in [1.807, 2.05) is 0 Å². The highest BCUT2D eigenvalue weighted by molar-refractivity contribution is 5.18. The maximum Gasteiger partial charge on any atom is 0.0731 e. The van der Waals surface area contributed by atoms with E-state index in [-0.39, 0.29) is 6.61 Å². The van der Waals surface area contributed by atoms with E-state index in [1.54, 1.807) is 25.3 Å². The van der Waals surface area contributed by atoms with Crippen molar-refractivity contribution in [2.75, 3.05) is 0 Å². The topological polar surface area (TPSA) is 79.4 Å². The van der Waals surface area contributed by atoms with E-state index in [0.717, 1.165) is 5.56 Å². The Labute approximate surface area is 77.0 Å². The van der Waals surface area contributed by atoms with Crippen LogP contribution in [-0.4, -0.2) is 21.3 Å². The summed E-state index contributed by atoms with van der Waals surface area (Å²) in [4.78, 5) is 4.01. The Balaban J connectivity index is 2.88. The van der Waals surface area contributed by atoms with Crippen LogP contribution < -0.4 is 5.73 Å². The highest BCUT2D eigenvalue weighted by Gasteiger charge is 2.13. The van der Waals surface area contributed by atoms with Gasteiger partial charge in [0.05, 0.1) is 24.4 Å². The summed E-state index contributed by atoms with van der Waals surface area (Å²) >= 11 is 0. The summed E-state index contributed by atoms with van der Waals surface area (Å²) in [6.45, 7) is 1.57. The summed E-state index contributed by atoms with van der Waals surface area (Å²) in [6.07, 6.45) is 0.935. The molecule has 0 aliphatic rings. The molecule has 13 heavy (non-hydrogen) atoms. The predicted molar refractivity (Wildman–Crippen MR) is 48.8 cm³/mol. The fourth-order valence-corrected chi connectivity index (χ4v) is 1.02. The molecule has 4 nitrogen and oxygen atoms in total. The second kappa shape index (κ2) is 4.32. The molecule has 0 aliphatic carbocycles. The molecule has 0 bridgehead atoms. The van der Waals surface area contributed by atoms with E-state index < -0.39 is 12.1 Å². The average molecular weight is 182 g/mol. The fourth-order valence-electron chi connectivity index (χ4n) is 1.02. The summed E-state index contributed by atoms with van der Waals surface area (Å²) in [5.74, 6) is 0. The molecule has 0 amide bonds. The van der Waals surface area contributed by atoms with Crippen LogP contribution >= 0.6 is 0 Å². The second-order valence-corrected chi connectivity index (χ2v) is 3.01. The van der Waals surface area contributed by atoms with E-state index in [4.69, 9.17) is 10.8 Å². The molecule has 1 aromatic rings. The monoisotopic (exact) mass is 182 g/mol. The summed E-state index contributed by atoms with van der Waals surface area (Å²) < 4.78 is 0. The molecule has 0 radical (unpaired) electrons. The van der Waals surface area contributed by atoms with Crippen molar-refractivity contribution in [3.63, 3.8) is 0 Å². The van der Waals surface area contributed by atoms with Crippen molar-refractivity contribution in [1.82, 2.24) is 4.98 Å². The Morgan fingerprint density at radius 2 is 2.31 bits per heavy atom. The first-order chi connectivity index (χ1) is 6.15. The minimum Gasteiger partial charge on any atom is -0.392 e. The highest BCUT2D eigenvalue weighted by atomic mass is 16.3. The number of aliphatic hydroxyl groups is 2. The standard InChI is InChI=1S/C9H14N2O2/c1-6(13)9(10)8-4-7(5-12)2-3-11-8/h2-4,6,9,12-13H,5,10H2,1H3/t6-,9-/m0/s1. The number of rotatable bonds is 3. The van der Waals surface area contributed by atoms with E-state index >= 15 is 0 Å². The van der Waals surface area contributed by atoms with Gasteiger partial charge in [-0.3, -0.25) is 4.98 Å². The number of hydrogen-bond acceptors (Lipinski definition) is 4.